The summed E-state index contributed by atoms with van der Waals surface area (Å²) < 4.78 is 1.96. The van der Waals surface area contributed by atoms with Crippen LogP contribution in [0.4, 0.5) is 5.82 Å². The zero-order valence-electron chi connectivity index (χ0n) is 12.4. The summed E-state index contributed by atoms with van der Waals surface area (Å²) in [6.07, 6.45) is 3.35. The van der Waals surface area contributed by atoms with Crippen LogP contribution >= 0.6 is 0 Å². The molecule has 0 aliphatic heterocycles. The van der Waals surface area contributed by atoms with Crippen LogP contribution < -0.4 is 5.32 Å². The molecule has 0 aliphatic rings. The van der Waals surface area contributed by atoms with Crippen LogP contribution in [0.5, 0.6) is 0 Å². The van der Waals surface area contributed by atoms with E-state index in [1.165, 1.54) is 5.56 Å². The van der Waals surface area contributed by atoms with Gasteiger partial charge in [-0.15, -0.1) is 0 Å². The van der Waals surface area contributed by atoms with Crippen LogP contribution in [0.25, 0.3) is 16.9 Å². The molecule has 4 aromatic rings. The van der Waals surface area contributed by atoms with Gasteiger partial charge in [0.25, 0.3) is 0 Å². The fourth-order valence-electron chi connectivity index (χ4n) is 2.52. The maximum Gasteiger partial charge on any atom is 0.170 e. The average molecular weight is 301 g/mol. The molecule has 4 rings (SSSR count). The van der Waals surface area contributed by atoms with Crippen molar-refractivity contribution in [2.45, 2.75) is 6.54 Å². The molecular weight excluding hydrogens is 286 g/mol. The largest absolute Gasteiger partial charge is 0.364 e. The van der Waals surface area contributed by atoms with Crippen LogP contribution in [0.2, 0.25) is 0 Å². The summed E-state index contributed by atoms with van der Waals surface area (Å²) in [7, 11) is 0. The van der Waals surface area contributed by atoms with Gasteiger partial charge in [-0.05, 0) is 17.7 Å². The zero-order chi connectivity index (χ0) is 15.5. The Bertz CT molecular complexity index is 916. The lowest BCUT2D eigenvalue weighted by Crippen LogP contribution is -2.03. The molecule has 0 fully saturated rings. The van der Waals surface area contributed by atoms with Gasteiger partial charge in [-0.3, -0.25) is 4.57 Å². The molecule has 1 N–H and O–H groups in total. The molecule has 0 saturated heterocycles. The summed E-state index contributed by atoms with van der Waals surface area (Å²) in [6.45, 7) is 0.700. The normalized spacial score (nSPS) is 10.8. The molecule has 0 spiro atoms. The van der Waals surface area contributed by atoms with Crippen LogP contribution in [0.1, 0.15) is 5.56 Å². The van der Waals surface area contributed by atoms with E-state index in [-0.39, 0.29) is 0 Å². The molecule has 23 heavy (non-hydrogen) atoms. The van der Waals surface area contributed by atoms with E-state index >= 15 is 0 Å². The number of fused-ring (bicyclic) bond motifs is 1. The Morgan fingerprint density at radius 2 is 1.57 bits per heavy atom. The number of imidazole rings is 1. The number of aromatic nitrogens is 4. The van der Waals surface area contributed by atoms with E-state index in [1.54, 1.807) is 12.7 Å². The Balaban J connectivity index is 1.68. The summed E-state index contributed by atoms with van der Waals surface area (Å²) in [4.78, 5) is 13.2. The van der Waals surface area contributed by atoms with E-state index in [0.717, 1.165) is 22.7 Å². The van der Waals surface area contributed by atoms with Gasteiger partial charge in [-0.25, -0.2) is 15.0 Å². The first kappa shape index (κ1) is 13.5. The fraction of sp³-hybridized carbons (Fsp3) is 0.0556. The first-order chi connectivity index (χ1) is 11.4. The summed E-state index contributed by atoms with van der Waals surface area (Å²) in [5.74, 6) is 0.744. The number of anilines is 1. The molecule has 5 nitrogen and oxygen atoms in total. The number of benzene rings is 2. The molecule has 0 unspecified atom stereocenters. The highest BCUT2D eigenvalue weighted by Gasteiger charge is 2.10. The highest BCUT2D eigenvalue weighted by molar-refractivity contribution is 5.83. The lowest BCUT2D eigenvalue weighted by atomic mass is 10.2. The highest BCUT2D eigenvalue weighted by atomic mass is 15.1. The first-order valence-corrected chi connectivity index (χ1v) is 7.43. The Morgan fingerprint density at radius 1 is 0.826 bits per heavy atom. The Morgan fingerprint density at radius 3 is 2.35 bits per heavy atom. The fourth-order valence-corrected chi connectivity index (χ4v) is 2.52. The lowest BCUT2D eigenvalue weighted by Gasteiger charge is -2.07. The molecule has 0 bridgehead atoms. The number of hydrogen-bond acceptors (Lipinski definition) is 4. The number of nitrogens with one attached hydrogen (secondary N) is 1. The molecule has 0 saturated carbocycles. The second-order valence-electron chi connectivity index (χ2n) is 5.18. The molecule has 0 radical (unpaired) electrons. The van der Waals surface area contributed by atoms with Gasteiger partial charge in [0, 0.05) is 12.2 Å². The predicted octanol–water partition coefficient (Wildman–Crippen LogP) is 3.43. The van der Waals surface area contributed by atoms with Gasteiger partial charge in [0.05, 0.1) is 0 Å². The molecule has 2 aromatic heterocycles. The van der Waals surface area contributed by atoms with E-state index in [4.69, 9.17) is 0 Å². The molecule has 2 aromatic carbocycles. The maximum absolute atomic E-state index is 4.48. The van der Waals surface area contributed by atoms with Crippen molar-refractivity contribution >= 4 is 17.0 Å². The van der Waals surface area contributed by atoms with Crippen LogP contribution in [-0.4, -0.2) is 19.5 Å². The summed E-state index contributed by atoms with van der Waals surface area (Å²) in [5.41, 5.74) is 3.79. The summed E-state index contributed by atoms with van der Waals surface area (Å²) >= 11 is 0. The summed E-state index contributed by atoms with van der Waals surface area (Å²) in [5, 5.41) is 3.34. The van der Waals surface area contributed by atoms with Crippen LogP contribution in [0.15, 0.2) is 73.3 Å². The smallest absolute Gasteiger partial charge is 0.170 e. The van der Waals surface area contributed by atoms with Crippen LogP contribution in [0.3, 0.4) is 0 Å². The van der Waals surface area contributed by atoms with Gasteiger partial charge in [-0.1, -0.05) is 48.5 Å². The number of nitrogens with zero attached hydrogens (tertiary/aromatic N) is 4. The average Bonchev–Trinajstić information content (AvgIpc) is 3.06. The molecule has 2 heterocycles. The van der Waals surface area contributed by atoms with E-state index in [0.29, 0.717) is 6.54 Å². The predicted molar refractivity (Wildman–Crippen MR) is 90.4 cm³/mol. The first-order valence-electron chi connectivity index (χ1n) is 7.43. The zero-order valence-corrected chi connectivity index (χ0v) is 12.4. The second-order valence-corrected chi connectivity index (χ2v) is 5.18. The van der Waals surface area contributed by atoms with Crippen molar-refractivity contribution < 1.29 is 0 Å². The third-order valence-corrected chi connectivity index (χ3v) is 3.67. The van der Waals surface area contributed by atoms with Crippen LogP contribution in [0, 0.1) is 0 Å². The van der Waals surface area contributed by atoms with Gasteiger partial charge >= 0.3 is 0 Å². The van der Waals surface area contributed by atoms with E-state index < -0.39 is 0 Å². The molecule has 0 aliphatic carbocycles. The van der Waals surface area contributed by atoms with Crippen molar-refractivity contribution in [3.8, 4) is 5.69 Å². The molecule has 112 valence electrons. The topological polar surface area (TPSA) is 55.6 Å². The van der Waals surface area contributed by atoms with Crippen molar-refractivity contribution in [3.63, 3.8) is 0 Å². The van der Waals surface area contributed by atoms with Crippen LogP contribution in [-0.2, 0) is 6.54 Å². The number of hydrogen-bond donors (Lipinski definition) is 1. The quantitative estimate of drug-likeness (QED) is 0.627. The van der Waals surface area contributed by atoms with Gasteiger partial charge in [0.2, 0.25) is 0 Å². The van der Waals surface area contributed by atoms with Crippen molar-refractivity contribution in [3.05, 3.63) is 78.9 Å². The van der Waals surface area contributed by atoms with Gasteiger partial charge in [0.1, 0.15) is 12.7 Å². The van der Waals surface area contributed by atoms with Gasteiger partial charge in [-0.2, -0.15) is 0 Å². The maximum atomic E-state index is 4.48. The number of rotatable bonds is 4. The molecule has 0 atom stereocenters. The highest BCUT2D eigenvalue weighted by Crippen LogP contribution is 2.21. The molecule has 0 amide bonds. The van der Waals surface area contributed by atoms with Crippen molar-refractivity contribution in [2.24, 2.45) is 0 Å². The van der Waals surface area contributed by atoms with Gasteiger partial charge < -0.3 is 5.32 Å². The SMILES string of the molecule is c1ccc(CNc2ncnc3c2ncn3-c2ccccc2)cc1. The van der Waals surface area contributed by atoms with E-state index in [9.17, 15) is 0 Å². The minimum atomic E-state index is 0.700. The third-order valence-electron chi connectivity index (χ3n) is 3.67. The van der Waals surface area contributed by atoms with E-state index in [2.05, 4.69) is 32.4 Å². The van der Waals surface area contributed by atoms with Crippen molar-refractivity contribution in [2.75, 3.05) is 5.32 Å². The van der Waals surface area contributed by atoms with Gasteiger partial charge in [0.15, 0.2) is 17.0 Å². The standard InChI is InChI=1S/C18H15N5/c1-3-7-14(8-4-1)11-19-17-16-18(21-12-20-17)23(13-22-16)15-9-5-2-6-10-15/h1-10,12-13H,11H2,(H,19,20,21). The lowest BCUT2D eigenvalue weighted by molar-refractivity contribution is 1.05. The third kappa shape index (κ3) is 2.64. The summed E-state index contributed by atoms with van der Waals surface area (Å²) in [6, 6.07) is 20.3. The van der Waals surface area contributed by atoms with E-state index in [1.807, 2.05) is 53.1 Å². The van der Waals surface area contributed by atoms with Crippen molar-refractivity contribution in [1.29, 1.82) is 0 Å². The molecule has 5 heteroatoms. The number of para-hydroxylation sites is 1. The second kappa shape index (κ2) is 5.88. The molecular formula is C18H15N5. The Hall–Kier alpha value is -3.21. The Labute approximate surface area is 133 Å². The minimum absolute atomic E-state index is 0.700. The monoisotopic (exact) mass is 301 g/mol. The Kier molecular flexibility index (Phi) is 3.44. The minimum Gasteiger partial charge on any atom is -0.364 e. The van der Waals surface area contributed by atoms with Crippen molar-refractivity contribution in [1.82, 2.24) is 19.5 Å².